The third kappa shape index (κ3) is 2.80. The van der Waals surface area contributed by atoms with Gasteiger partial charge in [0.2, 0.25) is 0 Å². The van der Waals surface area contributed by atoms with Crippen LogP contribution in [0.1, 0.15) is 11.1 Å². The minimum absolute atomic E-state index is 0.643. The van der Waals surface area contributed by atoms with Gasteiger partial charge in [0.1, 0.15) is 0 Å². The Morgan fingerprint density at radius 1 is 1.13 bits per heavy atom. The van der Waals surface area contributed by atoms with Gasteiger partial charge < -0.3 is 10.6 Å². The van der Waals surface area contributed by atoms with Crippen molar-refractivity contribution in [3.63, 3.8) is 0 Å². The molecule has 1 aromatic rings. The summed E-state index contributed by atoms with van der Waals surface area (Å²) in [6.07, 6.45) is 0. The summed E-state index contributed by atoms with van der Waals surface area (Å²) in [7, 11) is 1.42. The quantitative estimate of drug-likeness (QED) is 0.673. The van der Waals surface area contributed by atoms with Crippen LogP contribution in [0.5, 0.6) is 0 Å². The Morgan fingerprint density at radius 2 is 1.80 bits per heavy atom. The molecule has 2 amide bonds. The number of amides is 2. The smallest absolute Gasteiger partial charge is 0.313 e. The van der Waals surface area contributed by atoms with Crippen molar-refractivity contribution in [2.75, 3.05) is 12.4 Å². The lowest BCUT2D eigenvalue weighted by Gasteiger charge is -2.08. The largest absolute Gasteiger partial charge is 0.351 e. The molecule has 0 aliphatic heterocycles. The Balaban J connectivity index is 2.85. The molecular formula is C11H14N2O2. The van der Waals surface area contributed by atoms with E-state index in [1.165, 1.54) is 7.05 Å². The molecule has 0 aliphatic rings. The fourth-order valence-corrected chi connectivity index (χ4v) is 1.16. The molecule has 0 aliphatic carbocycles. The first-order valence-electron chi connectivity index (χ1n) is 4.65. The highest BCUT2D eigenvalue weighted by Crippen LogP contribution is 2.15. The molecule has 4 nitrogen and oxygen atoms in total. The summed E-state index contributed by atoms with van der Waals surface area (Å²) in [5.74, 6) is -1.29. The maximum absolute atomic E-state index is 11.3. The number of hydrogen-bond donors (Lipinski definition) is 2. The van der Waals surface area contributed by atoms with Crippen LogP contribution in [-0.2, 0) is 9.59 Å². The summed E-state index contributed by atoms with van der Waals surface area (Å²) < 4.78 is 0. The second kappa shape index (κ2) is 4.59. The summed E-state index contributed by atoms with van der Waals surface area (Å²) in [4.78, 5) is 22.3. The Labute approximate surface area is 88.7 Å². The van der Waals surface area contributed by atoms with Crippen molar-refractivity contribution in [1.29, 1.82) is 0 Å². The van der Waals surface area contributed by atoms with Gasteiger partial charge in [-0.15, -0.1) is 0 Å². The number of carbonyl (C=O) groups is 2. The van der Waals surface area contributed by atoms with E-state index in [0.29, 0.717) is 5.69 Å². The maximum Gasteiger partial charge on any atom is 0.313 e. The molecular weight excluding hydrogens is 192 g/mol. The predicted molar refractivity (Wildman–Crippen MR) is 58.6 cm³/mol. The average molecular weight is 206 g/mol. The third-order valence-corrected chi connectivity index (χ3v) is 2.07. The van der Waals surface area contributed by atoms with Gasteiger partial charge in [-0.3, -0.25) is 9.59 Å². The highest BCUT2D eigenvalue weighted by atomic mass is 16.2. The summed E-state index contributed by atoms with van der Waals surface area (Å²) >= 11 is 0. The van der Waals surface area contributed by atoms with Crippen LogP contribution in [0.15, 0.2) is 18.2 Å². The highest BCUT2D eigenvalue weighted by molar-refractivity contribution is 6.39. The summed E-state index contributed by atoms with van der Waals surface area (Å²) in [6, 6.07) is 5.68. The number of likely N-dealkylation sites (N-methyl/N-ethyl adjacent to an activating group) is 1. The summed E-state index contributed by atoms with van der Waals surface area (Å²) in [5, 5.41) is 4.82. The number of carbonyl (C=O) groups excluding carboxylic acids is 2. The summed E-state index contributed by atoms with van der Waals surface area (Å²) in [6.45, 7) is 3.80. The second-order valence-corrected chi connectivity index (χ2v) is 3.35. The van der Waals surface area contributed by atoms with Gasteiger partial charge in [0.25, 0.3) is 0 Å². The van der Waals surface area contributed by atoms with E-state index in [1.807, 2.05) is 32.0 Å². The van der Waals surface area contributed by atoms with Gasteiger partial charge in [-0.1, -0.05) is 12.1 Å². The number of nitrogens with one attached hydrogen (secondary N) is 2. The van der Waals surface area contributed by atoms with Gasteiger partial charge in [0.15, 0.2) is 0 Å². The number of aryl methyl sites for hydroxylation is 2. The van der Waals surface area contributed by atoms with E-state index in [0.717, 1.165) is 11.1 Å². The molecule has 1 rings (SSSR count). The zero-order valence-electron chi connectivity index (χ0n) is 9.05. The van der Waals surface area contributed by atoms with Crippen LogP contribution in [0, 0.1) is 13.8 Å². The van der Waals surface area contributed by atoms with Crippen molar-refractivity contribution < 1.29 is 9.59 Å². The summed E-state index contributed by atoms with van der Waals surface area (Å²) in [5.41, 5.74) is 2.63. The maximum atomic E-state index is 11.3. The zero-order chi connectivity index (χ0) is 11.4. The van der Waals surface area contributed by atoms with E-state index >= 15 is 0 Å². The fraction of sp³-hybridized carbons (Fsp3) is 0.273. The molecule has 0 bridgehead atoms. The minimum Gasteiger partial charge on any atom is -0.351 e. The van der Waals surface area contributed by atoms with E-state index in [9.17, 15) is 9.59 Å². The molecule has 0 spiro atoms. The van der Waals surface area contributed by atoms with Crippen molar-refractivity contribution in [2.24, 2.45) is 0 Å². The number of rotatable bonds is 1. The highest BCUT2D eigenvalue weighted by Gasteiger charge is 2.12. The number of hydrogen-bond acceptors (Lipinski definition) is 2. The molecule has 1 aromatic carbocycles. The molecule has 0 fully saturated rings. The Bertz CT molecular complexity index is 400. The predicted octanol–water partition coefficient (Wildman–Crippen LogP) is 0.988. The van der Waals surface area contributed by atoms with E-state index in [2.05, 4.69) is 10.6 Å². The van der Waals surface area contributed by atoms with E-state index in [4.69, 9.17) is 0 Å². The molecule has 80 valence electrons. The first-order valence-corrected chi connectivity index (χ1v) is 4.65. The SMILES string of the molecule is CNC(=O)C(=O)Nc1cc(C)ccc1C. The first-order chi connectivity index (χ1) is 7.04. The molecule has 0 heterocycles. The van der Waals surface area contributed by atoms with E-state index in [-0.39, 0.29) is 0 Å². The van der Waals surface area contributed by atoms with Gasteiger partial charge >= 0.3 is 11.8 Å². The molecule has 0 saturated carbocycles. The van der Waals surface area contributed by atoms with Crippen LogP contribution in [0.2, 0.25) is 0 Å². The third-order valence-electron chi connectivity index (χ3n) is 2.07. The lowest BCUT2D eigenvalue weighted by Crippen LogP contribution is -2.32. The normalized spacial score (nSPS) is 9.53. The van der Waals surface area contributed by atoms with Crippen LogP contribution in [-0.4, -0.2) is 18.9 Å². The van der Waals surface area contributed by atoms with Crippen LogP contribution in [0.4, 0.5) is 5.69 Å². The van der Waals surface area contributed by atoms with Crippen molar-refractivity contribution in [3.05, 3.63) is 29.3 Å². The van der Waals surface area contributed by atoms with Crippen molar-refractivity contribution in [3.8, 4) is 0 Å². The van der Waals surface area contributed by atoms with Gasteiger partial charge in [-0.05, 0) is 31.0 Å². The number of anilines is 1. The van der Waals surface area contributed by atoms with E-state index < -0.39 is 11.8 Å². The lowest BCUT2D eigenvalue weighted by molar-refractivity contribution is -0.135. The topological polar surface area (TPSA) is 58.2 Å². The zero-order valence-corrected chi connectivity index (χ0v) is 9.05. The van der Waals surface area contributed by atoms with Gasteiger partial charge in [-0.2, -0.15) is 0 Å². The van der Waals surface area contributed by atoms with Crippen molar-refractivity contribution >= 4 is 17.5 Å². The average Bonchev–Trinajstić information content (AvgIpc) is 2.22. The Morgan fingerprint density at radius 3 is 2.40 bits per heavy atom. The standard InChI is InChI=1S/C11H14N2O2/c1-7-4-5-8(2)9(6-7)13-11(15)10(14)12-3/h4-6H,1-3H3,(H,12,14)(H,13,15). The Hall–Kier alpha value is -1.84. The molecule has 2 N–H and O–H groups in total. The van der Waals surface area contributed by atoms with Crippen molar-refractivity contribution in [2.45, 2.75) is 13.8 Å². The van der Waals surface area contributed by atoms with Crippen LogP contribution in [0.25, 0.3) is 0 Å². The fourth-order valence-electron chi connectivity index (χ4n) is 1.16. The molecule has 0 unspecified atom stereocenters. The molecule has 4 heteroatoms. The first kappa shape index (κ1) is 11.2. The van der Waals surface area contributed by atoms with Gasteiger partial charge in [0, 0.05) is 12.7 Å². The van der Waals surface area contributed by atoms with Gasteiger partial charge in [0.05, 0.1) is 0 Å². The van der Waals surface area contributed by atoms with Gasteiger partial charge in [-0.25, -0.2) is 0 Å². The van der Waals surface area contributed by atoms with Crippen LogP contribution in [0.3, 0.4) is 0 Å². The van der Waals surface area contributed by atoms with Crippen molar-refractivity contribution in [1.82, 2.24) is 5.32 Å². The van der Waals surface area contributed by atoms with Crippen LogP contribution >= 0.6 is 0 Å². The molecule has 15 heavy (non-hydrogen) atoms. The monoisotopic (exact) mass is 206 g/mol. The van der Waals surface area contributed by atoms with Crippen LogP contribution < -0.4 is 10.6 Å². The molecule has 0 aromatic heterocycles. The molecule has 0 atom stereocenters. The molecule has 0 saturated heterocycles. The lowest BCUT2D eigenvalue weighted by atomic mass is 10.1. The van der Waals surface area contributed by atoms with E-state index in [1.54, 1.807) is 0 Å². The molecule has 0 radical (unpaired) electrons. The minimum atomic E-state index is -0.647. The number of benzene rings is 1. The second-order valence-electron chi connectivity index (χ2n) is 3.35. The Kier molecular flexibility index (Phi) is 3.44.